The number of carbonyl (C=O) groups excluding carboxylic acids is 1. The van der Waals surface area contributed by atoms with Crippen molar-refractivity contribution < 1.29 is 9.53 Å². The van der Waals surface area contributed by atoms with E-state index in [0.717, 1.165) is 48.1 Å². The fourth-order valence-corrected chi connectivity index (χ4v) is 4.68. The summed E-state index contributed by atoms with van der Waals surface area (Å²) in [6, 6.07) is 17.3. The van der Waals surface area contributed by atoms with E-state index in [4.69, 9.17) is 9.73 Å². The zero-order chi connectivity index (χ0) is 27.9. The van der Waals surface area contributed by atoms with Crippen molar-refractivity contribution in [2.75, 3.05) is 27.2 Å². The number of nitrogens with two attached hydrogens (primary N) is 1. The molecule has 3 aromatic rings. The average Bonchev–Trinajstić information content (AvgIpc) is 2.99. The van der Waals surface area contributed by atoms with Crippen LogP contribution in [0.2, 0.25) is 0 Å². The molecule has 0 spiro atoms. The third kappa shape index (κ3) is 9.05. The SMILES string of the molecule is C/C=C/C(=N\c1ncc(Sc2ccccn2)cc1Oc1ccccc1)NC(=NC)C1CCN(C=O)CC1.CN. The monoisotopic (exact) mass is 545 g/mol. The number of benzene rings is 1. The van der Waals surface area contributed by atoms with E-state index in [-0.39, 0.29) is 5.92 Å². The van der Waals surface area contributed by atoms with Crippen LogP contribution in [0.4, 0.5) is 5.82 Å². The number of rotatable bonds is 8. The van der Waals surface area contributed by atoms with E-state index in [1.165, 1.54) is 18.8 Å². The summed E-state index contributed by atoms with van der Waals surface area (Å²) in [5.41, 5.74) is 4.50. The number of allylic oxidation sites excluding steroid dienone is 1. The first kappa shape index (κ1) is 29.5. The van der Waals surface area contributed by atoms with E-state index in [9.17, 15) is 4.79 Å². The standard InChI is InChI=1S/C28H30N6O2S.CH5N/c1-3-9-25(32-27(29-2)21-13-16-34(20-35)17-14-21)33-28-24(36-22-10-5-4-6-11-22)18-23(19-31-28)37-26-12-7-8-15-30-26;1-2/h3-12,15,18-21H,13-14,16-17H2,1-2H3,(H,29,31,32,33);2H2,1H3/b9-3+;. The van der Waals surface area contributed by atoms with Crippen LogP contribution in [0.15, 0.2) is 99.0 Å². The molecule has 1 amide bonds. The number of ether oxygens (including phenoxy) is 1. The summed E-state index contributed by atoms with van der Waals surface area (Å²) in [5, 5.41) is 4.26. The maximum absolute atomic E-state index is 11.1. The molecule has 0 unspecified atom stereocenters. The third-order valence-electron chi connectivity index (χ3n) is 5.75. The normalized spacial score (nSPS) is 14.5. The zero-order valence-corrected chi connectivity index (χ0v) is 23.3. The lowest BCUT2D eigenvalue weighted by atomic mass is 9.95. The molecule has 2 aromatic heterocycles. The molecule has 3 N–H and O–H groups in total. The fraction of sp³-hybridized carbons (Fsp3) is 0.276. The third-order valence-corrected chi connectivity index (χ3v) is 6.66. The van der Waals surface area contributed by atoms with Crippen molar-refractivity contribution in [2.24, 2.45) is 21.6 Å². The van der Waals surface area contributed by atoms with Crippen LogP contribution in [0.1, 0.15) is 19.8 Å². The summed E-state index contributed by atoms with van der Waals surface area (Å²) in [6.45, 7) is 3.37. The van der Waals surface area contributed by atoms with Gasteiger partial charge in [0.1, 0.15) is 22.4 Å². The molecule has 204 valence electrons. The maximum atomic E-state index is 11.1. The quantitative estimate of drug-likeness (QED) is 0.230. The van der Waals surface area contributed by atoms with Gasteiger partial charge in [0.2, 0.25) is 6.41 Å². The van der Waals surface area contributed by atoms with Gasteiger partial charge in [-0.25, -0.2) is 15.0 Å². The summed E-state index contributed by atoms with van der Waals surface area (Å²) >= 11 is 1.51. The topological polar surface area (TPSA) is 118 Å². The first-order valence-electron chi connectivity index (χ1n) is 12.7. The highest BCUT2D eigenvalue weighted by Gasteiger charge is 2.23. The minimum absolute atomic E-state index is 0.224. The molecule has 4 rings (SSSR count). The van der Waals surface area contributed by atoms with Crippen molar-refractivity contribution >= 4 is 35.7 Å². The lowest BCUT2D eigenvalue weighted by Crippen LogP contribution is -2.41. The fourth-order valence-electron chi connectivity index (χ4n) is 3.91. The molecule has 0 bridgehead atoms. The number of pyridine rings is 2. The molecule has 39 heavy (non-hydrogen) atoms. The first-order valence-corrected chi connectivity index (χ1v) is 13.5. The molecule has 0 atom stereocenters. The predicted molar refractivity (Wildman–Crippen MR) is 158 cm³/mol. The van der Waals surface area contributed by atoms with Crippen LogP contribution in [-0.2, 0) is 4.79 Å². The Balaban J connectivity index is 0.00000205. The van der Waals surface area contributed by atoms with Gasteiger partial charge in [-0.2, -0.15) is 0 Å². The molecule has 1 aliphatic heterocycles. The maximum Gasteiger partial charge on any atom is 0.209 e. The van der Waals surface area contributed by atoms with Crippen molar-refractivity contribution in [3.63, 3.8) is 0 Å². The molecular weight excluding hydrogens is 510 g/mol. The van der Waals surface area contributed by atoms with E-state index in [0.29, 0.717) is 23.2 Å². The Labute approximate surface area is 234 Å². The van der Waals surface area contributed by atoms with Crippen molar-refractivity contribution in [3.05, 3.63) is 79.1 Å². The summed E-state index contributed by atoms with van der Waals surface area (Å²) in [4.78, 5) is 32.1. The first-order chi connectivity index (χ1) is 19.2. The number of likely N-dealkylation sites (tertiary alicyclic amines) is 1. The highest BCUT2D eigenvalue weighted by atomic mass is 32.2. The van der Waals surface area contributed by atoms with Crippen LogP contribution in [0, 0.1) is 5.92 Å². The lowest BCUT2D eigenvalue weighted by Gasteiger charge is -2.30. The molecule has 1 saturated heterocycles. The number of carbonyl (C=O) groups is 1. The van der Waals surface area contributed by atoms with E-state index in [1.54, 1.807) is 24.3 Å². The number of hydrogen-bond donors (Lipinski definition) is 2. The number of aliphatic imine (C=N–C) groups is 2. The van der Waals surface area contributed by atoms with Gasteiger partial charge in [0.25, 0.3) is 0 Å². The lowest BCUT2D eigenvalue weighted by molar-refractivity contribution is -0.119. The van der Waals surface area contributed by atoms with Crippen LogP contribution in [0.3, 0.4) is 0 Å². The van der Waals surface area contributed by atoms with Gasteiger partial charge in [0.05, 0.1) is 0 Å². The van der Waals surface area contributed by atoms with Gasteiger partial charge in [-0.15, -0.1) is 0 Å². The average molecular weight is 546 g/mol. The number of amidine groups is 2. The molecule has 0 saturated carbocycles. The van der Waals surface area contributed by atoms with E-state index in [1.807, 2.05) is 73.7 Å². The Morgan fingerprint density at radius 3 is 2.51 bits per heavy atom. The number of nitrogens with zero attached hydrogens (tertiary/aromatic N) is 5. The summed E-state index contributed by atoms with van der Waals surface area (Å²) in [7, 11) is 3.27. The molecule has 9 nitrogen and oxygen atoms in total. The second-order valence-electron chi connectivity index (χ2n) is 8.32. The number of aromatic nitrogens is 2. The van der Waals surface area contributed by atoms with Crippen LogP contribution < -0.4 is 15.8 Å². The molecule has 0 radical (unpaired) electrons. The van der Waals surface area contributed by atoms with E-state index >= 15 is 0 Å². The van der Waals surface area contributed by atoms with Crippen LogP contribution in [0.25, 0.3) is 0 Å². The van der Waals surface area contributed by atoms with Gasteiger partial charge >= 0.3 is 0 Å². The van der Waals surface area contributed by atoms with E-state index in [2.05, 4.69) is 26.0 Å². The molecule has 10 heteroatoms. The number of piperidine rings is 1. The molecule has 0 aliphatic carbocycles. The second-order valence-corrected chi connectivity index (χ2v) is 9.42. The summed E-state index contributed by atoms with van der Waals surface area (Å²) in [5.74, 6) is 3.35. The van der Waals surface area contributed by atoms with Gasteiger partial charge in [0.15, 0.2) is 11.6 Å². The van der Waals surface area contributed by atoms with Gasteiger partial charge in [-0.05, 0) is 57.2 Å². The van der Waals surface area contributed by atoms with Gasteiger partial charge < -0.3 is 20.7 Å². The van der Waals surface area contributed by atoms with E-state index < -0.39 is 0 Å². The predicted octanol–water partition coefficient (Wildman–Crippen LogP) is 5.09. The summed E-state index contributed by atoms with van der Waals surface area (Å²) in [6.07, 6.45) is 9.94. The number of amides is 1. The molecular formula is C29H35N7O2S. The van der Waals surface area contributed by atoms with Crippen molar-refractivity contribution in [2.45, 2.75) is 29.7 Å². The second kappa shape index (κ2) is 16.1. The molecule has 3 heterocycles. The Morgan fingerprint density at radius 2 is 1.87 bits per heavy atom. The largest absolute Gasteiger partial charge is 0.453 e. The number of hydrogen-bond acceptors (Lipinski definition) is 8. The smallest absolute Gasteiger partial charge is 0.209 e. The highest BCUT2D eigenvalue weighted by molar-refractivity contribution is 7.99. The molecule has 1 aromatic carbocycles. The zero-order valence-electron chi connectivity index (χ0n) is 22.5. The van der Waals surface area contributed by atoms with Gasteiger partial charge in [-0.3, -0.25) is 9.79 Å². The van der Waals surface area contributed by atoms with Crippen molar-refractivity contribution in [1.82, 2.24) is 20.2 Å². The van der Waals surface area contributed by atoms with Crippen LogP contribution in [-0.4, -0.2) is 60.1 Å². The molecule has 1 aliphatic rings. The van der Waals surface area contributed by atoms with Crippen LogP contribution >= 0.6 is 11.8 Å². The van der Waals surface area contributed by atoms with Gasteiger partial charge in [0, 0.05) is 49.4 Å². The Morgan fingerprint density at radius 1 is 1.13 bits per heavy atom. The Hall–Kier alpha value is -4.02. The summed E-state index contributed by atoms with van der Waals surface area (Å²) < 4.78 is 6.21. The Bertz CT molecular complexity index is 1260. The Kier molecular flexibility index (Phi) is 12.2. The van der Waals surface area contributed by atoms with Crippen molar-refractivity contribution in [3.8, 4) is 11.5 Å². The van der Waals surface area contributed by atoms with Crippen LogP contribution in [0.5, 0.6) is 11.5 Å². The van der Waals surface area contributed by atoms with Crippen molar-refractivity contribution in [1.29, 1.82) is 0 Å². The molecule has 1 fully saturated rings. The number of para-hydroxylation sites is 1. The highest BCUT2D eigenvalue weighted by Crippen LogP contribution is 2.35. The minimum Gasteiger partial charge on any atom is -0.453 e. The number of nitrogens with one attached hydrogen (secondary N) is 1. The minimum atomic E-state index is 0.224. The van der Waals surface area contributed by atoms with Gasteiger partial charge in [-0.1, -0.05) is 42.1 Å².